The Bertz CT molecular complexity index is 1050. The Morgan fingerprint density at radius 1 is 1.27 bits per heavy atom. The number of hydrogen-bond acceptors (Lipinski definition) is 6. The maximum atomic E-state index is 12.5. The predicted octanol–water partition coefficient (Wildman–Crippen LogP) is 4.42. The van der Waals surface area contributed by atoms with Gasteiger partial charge in [-0.15, -0.1) is 11.3 Å². The fourth-order valence-corrected chi connectivity index (χ4v) is 4.76. The lowest BCUT2D eigenvalue weighted by molar-refractivity contribution is -0.121. The van der Waals surface area contributed by atoms with Crippen LogP contribution in [0.1, 0.15) is 41.6 Å². The Hall–Kier alpha value is -2.90. The summed E-state index contributed by atoms with van der Waals surface area (Å²) in [5.41, 5.74) is 3.25. The Labute approximate surface area is 199 Å². The summed E-state index contributed by atoms with van der Waals surface area (Å²) in [4.78, 5) is 19.5. The molecule has 0 radical (unpaired) electrons. The quantitative estimate of drug-likeness (QED) is 0.507. The highest BCUT2D eigenvalue weighted by Gasteiger charge is 2.22. The number of fused-ring (bicyclic) bond motifs is 1. The van der Waals surface area contributed by atoms with Crippen molar-refractivity contribution in [1.29, 1.82) is 0 Å². The van der Waals surface area contributed by atoms with Gasteiger partial charge >= 0.3 is 0 Å². The van der Waals surface area contributed by atoms with Gasteiger partial charge in [0.15, 0.2) is 0 Å². The molecule has 3 aromatic rings. The van der Waals surface area contributed by atoms with Crippen LogP contribution in [0.5, 0.6) is 11.5 Å². The third kappa shape index (κ3) is 6.55. The number of nitrogens with one attached hydrogen (secondary N) is 1. The van der Waals surface area contributed by atoms with E-state index in [1.54, 1.807) is 18.4 Å². The molecule has 7 heteroatoms. The number of benzene rings is 2. The van der Waals surface area contributed by atoms with Gasteiger partial charge in [-0.3, -0.25) is 9.69 Å². The van der Waals surface area contributed by atoms with Crippen LogP contribution in [0.4, 0.5) is 0 Å². The molecule has 1 aliphatic rings. The average molecular weight is 466 g/mol. The lowest BCUT2D eigenvalue weighted by atomic mass is 10.1. The molecule has 33 heavy (non-hydrogen) atoms. The number of rotatable bonds is 9. The van der Waals surface area contributed by atoms with E-state index in [1.807, 2.05) is 41.8 Å². The summed E-state index contributed by atoms with van der Waals surface area (Å²) >= 11 is 1.64. The molecule has 0 saturated carbocycles. The van der Waals surface area contributed by atoms with Gasteiger partial charge in [0, 0.05) is 43.4 Å². The van der Waals surface area contributed by atoms with Crippen molar-refractivity contribution < 1.29 is 14.3 Å². The van der Waals surface area contributed by atoms with Crippen LogP contribution in [0, 0.1) is 0 Å². The van der Waals surface area contributed by atoms with Gasteiger partial charge in [0.25, 0.3) is 0 Å². The largest absolute Gasteiger partial charge is 0.497 e. The number of ether oxygens (including phenoxy) is 2. The van der Waals surface area contributed by atoms with Gasteiger partial charge in [-0.1, -0.05) is 37.3 Å². The molecule has 1 atom stereocenters. The molecular formula is C26H31N3O3S. The first kappa shape index (κ1) is 23.3. The van der Waals surface area contributed by atoms with Crippen LogP contribution in [0.15, 0.2) is 53.9 Å². The topological polar surface area (TPSA) is 63.7 Å². The molecule has 1 aliphatic heterocycles. The minimum Gasteiger partial charge on any atom is -0.497 e. The minimum atomic E-state index is 0.0386. The van der Waals surface area contributed by atoms with Crippen LogP contribution in [-0.4, -0.2) is 42.1 Å². The van der Waals surface area contributed by atoms with Crippen molar-refractivity contribution in [2.45, 2.75) is 45.4 Å². The van der Waals surface area contributed by atoms with E-state index in [4.69, 9.17) is 9.47 Å². The van der Waals surface area contributed by atoms with Gasteiger partial charge < -0.3 is 14.8 Å². The number of carbonyl (C=O) groups is 1. The van der Waals surface area contributed by atoms with Crippen molar-refractivity contribution in [3.05, 3.63) is 75.7 Å². The number of carbonyl (C=O) groups excluding carboxylic acids is 1. The van der Waals surface area contributed by atoms with Crippen molar-refractivity contribution in [3.63, 3.8) is 0 Å². The lowest BCUT2D eigenvalue weighted by Crippen LogP contribution is -2.35. The summed E-state index contributed by atoms with van der Waals surface area (Å²) in [5, 5.41) is 6.11. The first-order valence-electron chi connectivity index (χ1n) is 11.4. The second kappa shape index (κ2) is 11.3. The molecule has 0 fully saturated rings. The summed E-state index contributed by atoms with van der Waals surface area (Å²) in [6, 6.07) is 16.2. The Morgan fingerprint density at radius 2 is 2.12 bits per heavy atom. The molecule has 1 N–H and O–H groups in total. The van der Waals surface area contributed by atoms with E-state index in [-0.39, 0.29) is 12.0 Å². The molecule has 0 saturated heterocycles. The number of nitrogens with zero attached hydrogens (tertiary/aromatic N) is 2. The summed E-state index contributed by atoms with van der Waals surface area (Å²) in [6.45, 7) is 4.81. The zero-order valence-corrected chi connectivity index (χ0v) is 20.1. The molecule has 0 bridgehead atoms. The van der Waals surface area contributed by atoms with Crippen molar-refractivity contribution in [1.82, 2.24) is 15.2 Å². The molecular weight excluding hydrogens is 434 g/mol. The molecule has 1 amide bonds. The molecule has 174 valence electrons. The van der Waals surface area contributed by atoms with Crippen LogP contribution in [0.25, 0.3) is 0 Å². The molecule has 6 nitrogen and oxygen atoms in total. The first-order chi connectivity index (χ1) is 16.1. The third-order valence-corrected chi connectivity index (χ3v) is 6.69. The maximum Gasteiger partial charge on any atom is 0.221 e. The molecule has 0 unspecified atom stereocenters. The number of methoxy groups -OCH3 is 1. The summed E-state index contributed by atoms with van der Waals surface area (Å²) in [5.74, 6) is 1.76. The Morgan fingerprint density at radius 3 is 2.91 bits per heavy atom. The van der Waals surface area contributed by atoms with Crippen LogP contribution in [0.2, 0.25) is 0 Å². The number of thiazole rings is 1. The van der Waals surface area contributed by atoms with Crippen LogP contribution < -0.4 is 14.8 Å². The van der Waals surface area contributed by atoms with Crippen molar-refractivity contribution in [3.8, 4) is 11.5 Å². The molecule has 2 aromatic carbocycles. The second-order valence-corrected chi connectivity index (χ2v) is 9.22. The summed E-state index contributed by atoms with van der Waals surface area (Å²) < 4.78 is 11.6. The van der Waals surface area contributed by atoms with Gasteiger partial charge in [-0.2, -0.15) is 0 Å². The van der Waals surface area contributed by atoms with Gasteiger partial charge in [0.1, 0.15) is 17.6 Å². The van der Waals surface area contributed by atoms with Crippen molar-refractivity contribution in [2.75, 3.05) is 20.2 Å². The maximum absolute atomic E-state index is 12.5. The van der Waals surface area contributed by atoms with Crippen LogP contribution >= 0.6 is 11.3 Å². The fraction of sp³-hybridized carbons (Fsp3) is 0.385. The molecule has 1 aromatic heterocycles. The zero-order valence-electron chi connectivity index (χ0n) is 19.3. The highest BCUT2D eigenvalue weighted by Crippen LogP contribution is 2.29. The van der Waals surface area contributed by atoms with Crippen molar-refractivity contribution in [2.24, 2.45) is 0 Å². The third-order valence-electron chi connectivity index (χ3n) is 5.79. The average Bonchev–Trinajstić information content (AvgIpc) is 3.20. The minimum absolute atomic E-state index is 0.0386. The Kier molecular flexibility index (Phi) is 7.96. The SMILES string of the molecule is CC[C@H]1CN(CCC(=O)NCc2csc(Cc3ccccc3)n2)Cc2cc(OC)ccc2O1. The lowest BCUT2D eigenvalue weighted by Gasteiger charge is -2.22. The molecule has 2 heterocycles. The number of aromatic nitrogens is 1. The summed E-state index contributed by atoms with van der Waals surface area (Å²) in [6.07, 6.45) is 2.29. The molecule has 0 spiro atoms. The van der Waals surface area contributed by atoms with E-state index in [0.717, 1.165) is 53.7 Å². The number of amides is 1. The van der Waals surface area contributed by atoms with E-state index in [0.29, 0.717) is 19.5 Å². The van der Waals surface area contributed by atoms with E-state index < -0.39 is 0 Å². The smallest absolute Gasteiger partial charge is 0.221 e. The highest BCUT2D eigenvalue weighted by molar-refractivity contribution is 7.09. The highest BCUT2D eigenvalue weighted by atomic mass is 32.1. The first-order valence-corrected chi connectivity index (χ1v) is 12.3. The van der Waals surface area contributed by atoms with E-state index >= 15 is 0 Å². The zero-order chi connectivity index (χ0) is 23.0. The molecule has 0 aliphatic carbocycles. The van der Waals surface area contributed by atoms with E-state index in [1.165, 1.54) is 5.56 Å². The fourth-order valence-electron chi connectivity index (χ4n) is 3.93. The number of hydrogen-bond donors (Lipinski definition) is 1. The van der Waals surface area contributed by atoms with Gasteiger partial charge in [-0.25, -0.2) is 4.98 Å². The van der Waals surface area contributed by atoms with Gasteiger partial charge in [-0.05, 0) is 30.2 Å². The second-order valence-electron chi connectivity index (χ2n) is 8.28. The summed E-state index contributed by atoms with van der Waals surface area (Å²) in [7, 11) is 1.67. The van der Waals surface area contributed by atoms with Crippen LogP contribution in [-0.2, 0) is 24.3 Å². The van der Waals surface area contributed by atoms with Crippen LogP contribution in [0.3, 0.4) is 0 Å². The normalized spacial score (nSPS) is 15.9. The van der Waals surface area contributed by atoms with E-state index in [9.17, 15) is 4.79 Å². The molecule has 4 rings (SSSR count). The standard InChI is InChI=1S/C26H31N3O3S/c1-3-22-17-29(16-20-14-23(31-2)9-10-24(20)32-22)12-11-25(30)27-15-21-18-33-26(28-21)13-19-7-5-4-6-8-19/h4-10,14,18,22H,3,11-13,15-17H2,1-2H3,(H,27,30)/t22-/m0/s1. The van der Waals surface area contributed by atoms with Gasteiger partial charge in [0.2, 0.25) is 5.91 Å². The monoisotopic (exact) mass is 465 g/mol. The predicted molar refractivity (Wildman–Crippen MR) is 131 cm³/mol. The Balaban J connectivity index is 1.27. The van der Waals surface area contributed by atoms with Crippen molar-refractivity contribution >= 4 is 17.2 Å². The van der Waals surface area contributed by atoms with E-state index in [2.05, 4.69) is 34.3 Å². The van der Waals surface area contributed by atoms with Gasteiger partial charge in [0.05, 0.1) is 24.4 Å².